The highest BCUT2D eigenvalue weighted by Crippen LogP contribution is 2.33. The predicted molar refractivity (Wildman–Crippen MR) is 105 cm³/mol. The van der Waals surface area contributed by atoms with Crippen LogP contribution in [0.5, 0.6) is 0 Å². The third kappa shape index (κ3) is 4.62. The third-order valence-electron chi connectivity index (χ3n) is 5.25. The molecule has 27 heavy (non-hydrogen) atoms. The molecule has 0 spiro atoms. The lowest BCUT2D eigenvalue weighted by Gasteiger charge is -2.38. The van der Waals surface area contributed by atoms with E-state index in [4.69, 9.17) is 0 Å². The molecule has 1 aliphatic heterocycles. The molecule has 1 saturated heterocycles. The number of methoxy groups -OCH3 is 1. The first kappa shape index (κ1) is 19.3. The van der Waals surface area contributed by atoms with E-state index in [1.54, 1.807) is 6.20 Å². The number of carbonyl (C=O) groups is 2. The zero-order chi connectivity index (χ0) is 19.4. The number of piperidine rings is 1. The molecule has 2 atom stereocenters. The van der Waals surface area contributed by atoms with E-state index in [1.165, 1.54) is 7.11 Å². The second-order valence-electron chi connectivity index (χ2n) is 7.56. The lowest BCUT2D eigenvalue weighted by molar-refractivity contribution is -0.142. The van der Waals surface area contributed by atoms with Gasteiger partial charge in [-0.15, -0.1) is 0 Å². The number of aromatic nitrogens is 2. The molecule has 2 aromatic rings. The summed E-state index contributed by atoms with van der Waals surface area (Å²) in [6.45, 7) is 5.96. The van der Waals surface area contributed by atoms with Crippen molar-refractivity contribution in [2.75, 3.05) is 25.1 Å². The van der Waals surface area contributed by atoms with Crippen LogP contribution in [0.3, 0.4) is 0 Å². The van der Waals surface area contributed by atoms with Gasteiger partial charge >= 0.3 is 5.97 Å². The Morgan fingerprint density at radius 1 is 1.26 bits per heavy atom. The summed E-state index contributed by atoms with van der Waals surface area (Å²) >= 11 is 0. The standard InChI is InChI=1S/C21H27N3O3/c1-14-9-16(10-17(25)6-7-20(26)27-3)13-24(12-14)19-11-23-15(2)21-18(19)5-4-8-22-21/h4-5,8,11,14,16H,6-7,9-10,12-13H2,1-3H3/t14-,16-/m0/s1. The highest BCUT2D eigenvalue weighted by atomic mass is 16.5. The number of Topliss-reactive ketones (excluding diaryl/α,β-unsaturated/α-hetero) is 1. The number of ether oxygens (including phenoxy) is 1. The number of rotatable bonds is 6. The highest BCUT2D eigenvalue weighted by Gasteiger charge is 2.28. The van der Waals surface area contributed by atoms with E-state index >= 15 is 0 Å². The Kier molecular flexibility index (Phi) is 6.04. The van der Waals surface area contributed by atoms with Crippen molar-refractivity contribution in [2.45, 2.75) is 39.5 Å². The van der Waals surface area contributed by atoms with E-state index in [1.807, 2.05) is 19.2 Å². The Balaban J connectivity index is 1.73. The Bertz CT molecular complexity index is 837. The first-order chi connectivity index (χ1) is 13.0. The maximum Gasteiger partial charge on any atom is 0.305 e. The molecule has 2 aromatic heterocycles. The summed E-state index contributed by atoms with van der Waals surface area (Å²) in [5.74, 6) is 0.580. The van der Waals surface area contributed by atoms with Crippen molar-refractivity contribution in [2.24, 2.45) is 11.8 Å². The summed E-state index contributed by atoms with van der Waals surface area (Å²) in [5, 5.41) is 1.11. The number of pyridine rings is 2. The minimum atomic E-state index is -0.327. The Hall–Kier alpha value is -2.50. The van der Waals surface area contributed by atoms with E-state index < -0.39 is 0 Å². The molecule has 0 unspecified atom stereocenters. The van der Waals surface area contributed by atoms with Crippen molar-refractivity contribution in [3.8, 4) is 0 Å². The van der Waals surface area contributed by atoms with E-state index in [2.05, 4.69) is 32.6 Å². The molecule has 6 nitrogen and oxygen atoms in total. The lowest BCUT2D eigenvalue weighted by atomic mass is 9.86. The fourth-order valence-electron chi connectivity index (χ4n) is 4.03. The Morgan fingerprint density at radius 3 is 2.85 bits per heavy atom. The van der Waals surface area contributed by atoms with Crippen molar-refractivity contribution in [3.63, 3.8) is 0 Å². The number of aryl methyl sites for hydroxylation is 1. The molecule has 1 fully saturated rings. The monoisotopic (exact) mass is 369 g/mol. The first-order valence-corrected chi connectivity index (χ1v) is 9.51. The summed E-state index contributed by atoms with van der Waals surface area (Å²) in [7, 11) is 1.35. The molecule has 1 aliphatic rings. The number of hydrogen-bond donors (Lipinski definition) is 0. The smallest absolute Gasteiger partial charge is 0.305 e. The Labute approximate surface area is 159 Å². The fourth-order valence-corrected chi connectivity index (χ4v) is 4.03. The largest absolute Gasteiger partial charge is 0.469 e. The number of carbonyl (C=O) groups excluding carboxylic acids is 2. The van der Waals surface area contributed by atoms with E-state index in [0.717, 1.165) is 41.8 Å². The van der Waals surface area contributed by atoms with Crippen LogP contribution in [0.25, 0.3) is 10.9 Å². The second kappa shape index (κ2) is 8.46. The van der Waals surface area contributed by atoms with Gasteiger partial charge in [0.1, 0.15) is 5.78 Å². The summed E-state index contributed by atoms with van der Waals surface area (Å²) in [5.41, 5.74) is 2.94. The quantitative estimate of drug-likeness (QED) is 0.728. The molecule has 144 valence electrons. The minimum absolute atomic E-state index is 0.132. The molecule has 0 saturated carbocycles. The highest BCUT2D eigenvalue weighted by molar-refractivity contribution is 5.92. The average molecular weight is 369 g/mol. The fraction of sp³-hybridized carbons (Fsp3) is 0.524. The van der Waals surface area contributed by atoms with Crippen LogP contribution < -0.4 is 4.90 Å². The van der Waals surface area contributed by atoms with E-state index in [-0.39, 0.29) is 30.5 Å². The maximum atomic E-state index is 12.3. The summed E-state index contributed by atoms with van der Waals surface area (Å²) < 4.78 is 4.62. The first-order valence-electron chi connectivity index (χ1n) is 9.51. The van der Waals surface area contributed by atoms with Crippen LogP contribution in [0.15, 0.2) is 24.5 Å². The molecule has 0 aliphatic carbocycles. The molecule has 3 heterocycles. The van der Waals surface area contributed by atoms with Crippen LogP contribution in [0.4, 0.5) is 5.69 Å². The number of esters is 1. The molecule has 0 radical (unpaired) electrons. The molecule has 0 amide bonds. The van der Waals surface area contributed by atoms with Gasteiger partial charge in [-0.25, -0.2) is 0 Å². The SMILES string of the molecule is COC(=O)CCC(=O)C[C@@H]1C[C@H](C)CN(c2cnc(C)c3ncccc23)C1. The van der Waals surface area contributed by atoms with Gasteiger partial charge in [-0.2, -0.15) is 0 Å². The van der Waals surface area contributed by atoms with Gasteiger partial charge in [-0.3, -0.25) is 19.6 Å². The number of anilines is 1. The average Bonchev–Trinajstić information content (AvgIpc) is 2.66. The van der Waals surface area contributed by atoms with Crippen LogP contribution in [-0.4, -0.2) is 41.9 Å². The predicted octanol–water partition coefficient (Wildman–Crippen LogP) is 3.31. The number of fused-ring (bicyclic) bond motifs is 1. The van der Waals surface area contributed by atoms with Gasteiger partial charge in [0.15, 0.2) is 0 Å². The van der Waals surface area contributed by atoms with Gasteiger partial charge in [-0.05, 0) is 37.3 Å². The number of hydrogen-bond acceptors (Lipinski definition) is 6. The topological polar surface area (TPSA) is 72.4 Å². The van der Waals surface area contributed by atoms with Gasteiger partial charge in [0.2, 0.25) is 0 Å². The van der Waals surface area contributed by atoms with Crippen LogP contribution in [0.1, 0.15) is 38.3 Å². The Morgan fingerprint density at radius 2 is 2.07 bits per heavy atom. The minimum Gasteiger partial charge on any atom is -0.469 e. The van der Waals surface area contributed by atoms with Crippen LogP contribution in [0, 0.1) is 18.8 Å². The van der Waals surface area contributed by atoms with Crippen molar-refractivity contribution in [3.05, 3.63) is 30.2 Å². The zero-order valence-corrected chi connectivity index (χ0v) is 16.3. The summed E-state index contributed by atoms with van der Waals surface area (Å²) in [4.78, 5) is 34.9. The van der Waals surface area contributed by atoms with Crippen LogP contribution >= 0.6 is 0 Å². The maximum absolute atomic E-state index is 12.3. The molecule has 3 rings (SSSR count). The normalized spacial score (nSPS) is 19.9. The molecule has 0 N–H and O–H groups in total. The number of nitrogens with zero attached hydrogens (tertiary/aromatic N) is 3. The zero-order valence-electron chi connectivity index (χ0n) is 16.3. The number of ketones is 1. The van der Waals surface area contributed by atoms with Gasteiger partial charge in [0, 0.05) is 37.5 Å². The van der Waals surface area contributed by atoms with Crippen LogP contribution in [-0.2, 0) is 14.3 Å². The summed E-state index contributed by atoms with van der Waals surface area (Å²) in [6, 6.07) is 4.04. The van der Waals surface area contributed by atoms with Gasteiger partial charge < -0.3 is 9.64 Å². The molecule has 0 aromatic carbocycles. The van der Waals surface area contributed by atoms with Gasteiger partial charge in [-0.1, -0.05) is 6.92 Å². The summed E-state index contributed by atoms with van der Waals surface area (Å²) in [6.07, 6.45) is 5.68. The van der Waals surface area contributed by atoms with Crippen LogP contribution in [0.2, 0.25) is 0 Å². The van der Waals surface area contributed by atoms with Crippen molar-refractivity contribution in [1.29, 1.82) is 0 Å². The van der Waals surface area contributed by atoms with Crippen molar-refractivity contribution in [1.82, 2.24) is 9.97 Å². The lowest BCUT2D eigenvalue weighted by Crippen LogP contribution is -2.40. The third-order valence-corrected chi connectivity index (χ3v) is 5.25. The van der Waals surface area contributed by atoms with Crippen molar-refractivity contribution < 1.29 is 14.3 Å². The molecular formula is C21H27N3O3. The van der Waals surface area contributed by atoms with Gasteiger partial charge in [0.05, 0.1) is 36.6 Å². The molecule has 0 bridgehead atoms. The molecule has 6 heteroatoms. The van der Waals surface area contributed by atoms with Gasteiger partial charge in [0.25, 0.3) is 0 Å². The molecular weight excluding hydrogens is 342 g/mol. The van der Waals surface area contributed by atoms with E-state index in [0.29, 0.717) is 12.3 Å². The second-order valence-corrected chi connectivity index (χ2v) is 7.56. The van der Waals surface area contributed by atoms with Crippen molar-refractivity contribution >= 4 is 28.3 Å². The van der Waals surface area contributed by atoms with E-state index in [9.17, 15) is 9.59 Å².